The minimum Gasteiger partial charge on any atom is -0.331 e. The van der Waals surface area contributed by atoms with Gasteiger partial charge < -0.3 is 9.88 Å². The van der Waals surface area contributed by atoms with Crippen LogP contribution in [0.2, 0.25) is 0 Å². The van der Waals surface area contributed by atoms with Crippen LogP contribution >= 0.6 is 0 Å². The third-order valence-electron chi connectivity index (χ3n) is 4.34. The molecule has 0 bridgehead atoms. The van der Waals surface area contributed by atoms with Crippen LogP contribution in [0, 0.1) is 0 Å². The average Bonchev–Trinajstić information content (AvgIpc) is 2.98. The first kappa shape index (κ1) is 10.6. The number of aryl methyl sites for hydroxylation is 1. The summed E-state index contributed by atoms with van der Waals surface area (Å²) in [5.74, 6) is 2.00. The second kappa shape index (κ2) is 3.82. The zero-order valence-electron chi connectivity index (χ0n) is 10.8. The van der Waals surface area contributed by atoms with Gasteiger partial charge in [0.05, 0.1) is 11.0 Å². The monoisotopic (exact) mass is 241 g/mol. The van der Waals surface area contributed by atoms with E-state index in [-0.39, 0.29) is 0 Å². The highest BCUT2D eigenvalue weighted by Crippen LogP contribution is 2.40. The fourth-order valence-corrected chi connectivity index (χ4v) is 3.13. The lowest BCUT2D eigenvalue weighted by molar-refractivity contribution is 0.648. The molecule has 2 fully saturated rings. The van der Waals surface area contributed by atoms with E-state index in [1.807, 2.05) is 0 Å². The molecule has 1 aromatic carbocycles. The molecule has 1 N–H and O–H groups in total. The van der Waals surface area contributed by atoms with Crippen molar-refractivity contribution in [3.8, 4) is 0 Å². The molecule has 94 valence electrons. The van der Waals surface area contributed by atoms with Crippen molar-refractivity contribution in [2.45, 2.75) is 37.6 Å². The quantitative estimate of drug-likeness (QED) is 0.876. The first-order chi connectivity index (χ1) is 8.83. The van der Waals surface area contributed by atoms with E-state index in [0.29, 0.717) is 6.04 Å². The number of benzene rings is 1. The fraction of sp³-hybridized carbons (Fsp3) is 0.533. The van der Waals surface area contributed by atoms with E-state index in [0.717, 1.165) is 12.5 Å². The maximum absolute atomic E-state index is 4.84. The maximum atomic E-state index is 4.84. The molecule has 1 saturated carbocycles. The lowest BCUT2D eigenvalue weighted by Crippen LogP contribution is -2.12. The van der Waals surface area contributed by atoms with Crippen molar-refractivity contribution in [2.75, 3.05) is 6.54 Å². The Balaban J connectivity index is 1.79. The van der Waals surface area contributed by atoms with Gasteiger partial charge >= 0.3 is 0 Å². The van der Waals surface area contributed by atoms with Crippen LogP contribution in [0.15, 0.2) is 18.2 Å². The second-order valence-corrected chi connectivity index (χ2v) is 5.70. The summed E-state index contributed by atoms with van der Waals surface area (Å²) in [5, 5.41) is 3.56. The van der Waals surface area contributed by atoms with Gasteiger partial charge in [-0.25, -0.2) is 4.98 Å². The number of hydrogen-bond donors (Lipinski definition) is 1. The van der Waals surface area contributed by atoms with E-state index < -0.39 is 0 Å². The van der Waals surface area contributed by atoms with Crippen LogP contribution in [0.3, 0.4) is 0 Å². The number of imidazole rings is 1. The van der Waals surface area contributed by atoms with Crippen molar-refractivity contribution in [3.05, 3.63) is 29.6 Å². The Kier molecular flexibility index (Phi) is 2.24. The molecule has 1 atom stereocenters. The summed E-state index contributed by atoms with van der Waals surface area (Å²) < 4.78 is 2.28. The Morgan fingerprint density at radius 1 is 1.28 bits per heavy atom. The first-order valence-corrected chi connectivity index (χ1v) is 7.02. The summed E-state index contributed by atoms with van der Waals surface area (Å²) >= 11 is 0. The second-order valence-electron chi connectivity index (χ2n) is 5.70. The van der Waals surface area contributed by atoms with Crippen molar-refractivity contribution in [2.24, 2.45) is 7.05 Å². The highest BCUT2D eigenvalue weighted by Gasteiger charge is 2.28. The van der Waals surface area contributed by atoms with E-state index in [1.165, 1.54) is 48.1 Å². The van der Waals surface area contributed by atoms with E-state index in [1.54, 1.807) is 0 Å². The Morgan fingerprint density at radius 3 is 2.89 bits per heavy atom. The molecule has 0 amide bonds. The van der Waals surface area contributed by atoms with Crippen molar-refractivity contribution in [1.82, 2.24) is 14.9 Å². The standard InChI is InChI=1S/C15H19N3/c1-18-14-7-6-11(12-3-2-8-16-12)9-13(14)17-15(18)10-4-5-10/h6-7,9-10,12,16H,2-5,8H2,1H3. The van der Waals surface area contributed by atoms with E-state index in [9.17, 15) is 0 Å². The van der Waals surface area contributed by atoms with Crippen molar-refractivity contribution in [3.63, 3.8) is 0 Å². The summed E-state index contributed by atoms with van der Waals surface area (Å²) in [6.07, 6.45) is 5.18. The molecule has 2 aromatic rings. The number of aromatic nitrogens is 2. The minimum absolute atomic E-state index is 0.542. The number of hydrogen-bond acceptors (Lipinski definition) is 2. The molecule has 18 heavy (non-hydrogen) atoms. The summed E-state index contributed by atoms with van der Waals surface area (Å²) in [4.78, 5) is 4.84. The Labute approximate surface area is 107 Å². The summed E-state index contributed by atoms with van der Waals surface area (Å²) in [7, 11) is 2.15. The fourth-order valence-electron chi connectivity index (χ4n) is 3.13. The van der Waals surface area contributed by atoms with Crippen LogP contribution in [0.25, 0.3) is 11.0 Å². The summed E-state index contributed by atoms with van der Waals surface area (Å²) in [5.41, 5.74) is 3.85. The Bertz CT molecular complexity index is 589. The van der Waals surface area contributed by atoms with E-state index in [2.05, 4.69) is 35.1 Å². The maximum Gasteiger partial charge on any atom is 0.112 e. The van der Waals surface area contributed by atoms with Gasteiger partial charge in [-0.15, -0.1) is 0 Å². The third-order valence-corrected chi connectivity index (χ3v) is 4.34. The molecule has 1 aliphatic heterocycles. The molecule has 4 rings (SSSR count). The van der Waals surface area contributed by atoms with Gasteiger partial charge in [0.15, 0.2) is 0 Å². The van der Waals surface area contributed by atoms with Crippen LogP contribution < -0.4 is 5.32 Å². The van der Waals surface area contributed by atoms with Gasteiger partial charge in [0, 0.05) is 19.0 Å². The van der Waals surface area contributed by atoms with Crippen LogP contribution in [-0.4, -0.2) is 16.1 Å². The van der Waals surface area contributed by atoms with Gasteiger partial charge in [0.2, 0.25) is 0 Å². The lowest BCUT2D eigenvalue weighted by atomic mass is 10.0. The molecular formula is C15H19N3. The lowest BCUT2D eigenvalue weighted by Gasteiger charge is -2.10. The first-order valence-electron chi connectivity index (χ1n) is 7.02. The molecule has 1 unspecified atom stereocenters. The zero-order valence-corrected chi connectivity index (χ0v) is 10.8. The average molecular weight is 241 g/mol. The molecule has 1 aromatic heterocycles. The summed E-state index contributed by atoms with van der Waals surface area (Å²) in [6, 6.07) is 7.33. The van der Waals surface area contributed by atoms with Gasteiger partial charge in [-0.1, -0.05) is 6.07 Å². The molecule has 0 spiro atoms. The normalized spacial score (nSPS) is 23.9. The number of rotatable bonds is 2. The van der Waals surface area contributed by atoms with Gasteiger partial charge in [-0.2, -0.15) is 0 Å². The minimum atomic E-state index is 0.542. The van der Waals surface area contributed by atoms with E-state index >= 15 is 0 Å². The Morgan fingerprint density at radius 2 is 2.17 bits per heavy atom. The molecule has 1 aliphatic carbocycles. The SMILES string of the molecule is Cn1c(C2CC2)nc2cc(C3CCCN3)ccc21. The largest absolute Gasteiger partial charge is 0.331 e. The van der Waals surface area contributed by atoms with Crippen molar-refractivity contribution in [1.29, 1.82) is 0 Å². The van der Waals surface area contributed by atoms with E-state index in [4.69, 9.17) is 4.98 Å². The number of nitrogens with zero attached hydrogens (tertiary/aromatic N) is 2. The molecule has 2 aliphatic rings. The molecule has 3 heteroatoms. The van der Waals surface area contributed by atoms with Crippen LogP contribution in [0.4, 0.5) is 0 Å². The zero-order chi connectivity index (χ0) is 12.1. The molecule has 2 heterocycles. The predicted octanol–water partition coefficient (Wildman–Crippen LogP) is 2.88. The Hall–Kier alpha value is -1.35. The predicted molar refractivity (Wildman–Crippen MR) is 72.7 cm³/mol. The molecule has 0 radical (unpaired) electrons. The van der Waals surface area contributed by atoms with Gasteiger partial charge in [0.25, 0.3) is 0 Å². The highest BCUT2D eigenvalue weighted by molar-refractivity contribution is 5.77. The van der Waals surface area contributed by atoms with Gasteiger partial charge in [-0.3, -0.25) is 0 Å². The third kappa shape index (κ3) is 1.57. The van der Waals surface area contributed by atoms with Crippen LogP contribution in [-0.2, 0) is 7.05 Å². The van der Waals surface area contributed by atoms with Gasteiger partial charge in [-0.05, 0) is 49.9 Å². The topological polar surface area (TPSA) is 29.9 Å². The van der Waals surface area contributed by atoms with Crippen molar-refractivity contribution >= 4 is 11.0 Å². The smallest absolute Gasteiger partial charge is 0.112 e. The highest BCUT2D eigenvalue weighted by atomic mass is 15.1. The number of fused-ring (bicyclic) bond motifs is 1. The van der Waals surface area contributed by atoms with Crippen molar-refractivity contribution < 1.29 is 0 Å². The molecule has 1 saturated heterocycles. The van der Waals surface area contributed by atoms with Crippen LogP contribution in [0.1, 0.15) is 49.0 Å². The molecule has 3 nitrogen and oxygen atoms in total. The summed E-state index contributed by atoms with van der Waals surface area (Å²) in [6.45, 7) is 1.15. The van der Waals surface area contributed by atoms with Gasteiger partial charge in [0.1, 0.15) is 5.82 Å². The van der Waals surface area contributed by atoms with Crippen LogP contribution in [0.5, 0.6) is 0 Å². The number of nitrogens with one attached hydrogen (secondary N) is 1. The molecular weight excluding hydrogens is 222 g/mol.